The van der Waals surface area contributed by atoms with Gasteiger partial charge >= 0.3 is 0 Å². The summed E-state index contributed by atoms with van der Waals surface area (Å²) in [4.78, 5) is 0.226. The molecule has 0 aliphatic rings. The molecule has 4 heteroatoms. The Morgan fingerprint density at radius 2 is 1.55 bits per heavy atom. The second kappa shape index (κ2) is 4.98. The summed E-state index contributed by atoms with van der Waals surface area (Å²) < 4.78 is 27.0. The van der Waals surface area contributed by atoms with Crippen molar-refractivity contribution in [1.29, 1.82) is 0 Å². The molecule has 3 aromatic rings. The number of hydrogen-bond acceptors (Lipinski definition) is 2. The Bertz CT molecular complexity index is 842. The molecule has 3 nitrogen and oxygen atoms in total. The molecule has 0 unspecified atom stereocenters. The quantitative estimate of drug-likeness (QED) is 0.800. The Morgan fingerprint density at radius 1 is 0.850 bits per heavy atom. The van der Waals surface area contributed by atoms with Gasteiger partial charge in [0.05, 0.1) is 4.90 Å². The molecule has 20 heavy (non-hydrogen) atoms. The predicted octanol–water partition coefficient (Wildman–Crippen LogP) is 3.44. The van der Waals surface area contributed by atoms with Crippen molar-refractivity contribution in [3.8, 4) is 0 Å². The first kappa shape index (κ1) is 12.7. The maximum atomic E-state index is 12.2. The molecular formula is C16H12NO2S. The van der Waals surface area contributed by atoms with Gasteiger partial charge in [-0.05, 0) is 41.1 Å². The van der Waals surface area contributed by atoms with E-state index in [0.717, 1.165) is 10.8 Å². The van der Waals surface area contributed by atoms with Gasteiger partial charge in [0, 0.05) is 5.69 Å². The van der Waals surface area contributed by atoms with Crippen molar-refractivity contribution in [2.45, 2.75) is 4.90 Å². The van der Waals surface area contributed by atoms with E-state index in [-0.39, 0.29) is 4.90 Å². The molecule has 1 N–H and O–H groups in total. The summed E-state index contributed by atoms with van der Waals surface area (Å²) >= 11 is 0. The predicted molar refractivity (Wildman–Crippen MR) is 80.0 cm³/mol. The van der Waals surface area contributed by atoms with E-state index in [4.69, 9.17) is 0 Å². The fourth-order valence-corrected chi connectivity index (χ4v) is 3.07. The highest BCUT2D eigenvalue weighted by atomic mass is 32.2. The SMILES string of the molecule is O=S(=O)(Nc1ccc2ccccc2c1)c1cc[c]cc1. The maximum absolute atomic E-state index is 12.2. The highest BCUT2D eigenvalue weighted by molar-refractivity contribution is 7.92. The van der Waals surface area contributed by atoms with Crippen molar-refractivity contribution in [1.82, 2.24) is 0 Å². The summed E-state index contributed by atoms with van der Waals surface area (Å²) in [5.74, 6) is 0. The summed E-state index contributed by atoms with van der Waals surface area (Å²) in [5, 5.41) is 2.07. The molecule has 0 atom stereocenters. The number of hydrogen-bond donors (Lipinski definition) is 1. The zero-order valence-electron chi connectivity index (χ0n) is 10.6. The molecule has 1 radical (unpaired) electrons. The first-order valence-corrected chi connectivity index (χ1v) is 7.61. The van der Waals surface area contributed by atoms with Gasteiger partial charge in [0.15, 0.2) is 0 Å². The van der Waals surface area contributed by atoms with E-state index in [2.05, 4.69) is 10.8 Å². The van der Waals surface area contributed by atoms with Gasteiger partial charge < -0.3 is 0 Å². The zero-order chi connectivity index (χ0) is 14.0. The van der Waals surface area contributed by atoms with Crippen LogP contribution in [0.1, 0.15) is 0 Å². The van der Waals surface area contributed by atoms with E-state index in [9.17, 15) is 8.42 Å². The molecule has 99 valence electrons. The summed E-state index contributed by atoms with van der Waals surface area (Å²) in [6.45, 7) is 0. The van der Waals surface area contributed by atoms with Crippen molar-refractivity contribution in [2.24, 2.45) is 0 Å². The molecular weight excluding hydrogens is 270 g/mol. The fraction of sp³-hybridized carbons (Fsp3) is 0. The molecule has 3 rings (SSSR count). The molecule has 0 fully saturated rings. The molecule has 0 heterocycles. The van der Waals surface area contributed by atoms with E-state index >= 15 is 0 Å². The average molecular weight is 282 g/mol. The second-order valence-electron chi connectivity index (χ2n) is 4.40. The van der Waals surface area contributed by atoms with Crippen LogP contribution in [0.4, 0.5) is 5.69 Å². The topological polar surface area (TPSA) is 46.2 Å². The lowest BCUT2D eigenvalue weighted by atomic mass is 10.1. The van der Waals surface area contributed by atoms with Gasteiger partial charge in [0.25, 0.3) is 10.0 Å². The lowest BCUT2D eigenvalue weighted by Gasteiger charge is -2.08. The molecule has 0 aliphatic heterocycles. The number of anilines is 1. The van der Waals surface area contributed by atoms with Gasteiger partial charge in [0.1, 0.15) is 0 Å². The van der Waals surface area contributed by atoms with Gasteiger partial charge in [-0.2, -0.15) is 0 Å². The first-order valence-electron chi connectivity index (χ1n) is 6.13. The molecule has 0 saturated heterocycles. The Balaban J connectivity index is 1.97. The summed E-state index contributed by atoms with van der Waals surface area (Å²) in [6.07, 6.45) is 0. The van der Waals surface area contributed by atoms with Crippen LogP contribution in [0.2, 0.25) is 0 Å². The molecule has 3 aromatic carbocycles. The van der Waals surface area contributed by atoms with E-state index < -0.39 is 10.0 Å². The third kappa shape index (κ3) is 2.51. The van der Waals surface area contributed by atoms with Crippen molar-refractivity contribution in [3.05, 3.63) is 72.8 Å². The Kier molecular flexibility index (Phi) is 3.16. The molecule has 0 bridgehead atoms. The maximum Gasteiger partial charge on any atom is 0.261 e. The fourth-order valence-electron chi connectivity index (χ4n) is 2.02. The van der Waals surface area contributed by atoms with Crippen LogP contribution in [0.15, 0.2) is 71.6 Å². The van der Waals surface area contributed by atoms with Crippen molar-refractivity contribution in [3.63, 3.8) is 0 Å². The summed E-state index contributed by atoms with van der Waals surface area (Å²) in [7, 11) is -3.55. The normalized spacial score (nSPS) is 11.4. The largest absolute Gasteiger partial charge is 0.280 e. The molecule has 0 amide bonds. The van der Waals surface area contributed by atoms with Crippen LogP contribution in [-0.2, 0) is 10.0 Å². The van der Waals surface area contributed by atoms with E-state index in [1.807, 2.05) is 36.4 Å². The lowest BCUT2D eigenvalue weighted by molar-refractivity contribution is 0.601. The van der Waals surface area contributed by atoms with Crippen molar-refractivity contribution < 1.29 is 8.42 Å². The number of rotatable bonds is 3. The minimum Gasteiger partial charge on any atom is -0.280 e. The molecule has 0 aliphatic carbocycles. The third-order valence-electron chi connectivity index (χ3n) is 3.00. The molecule has 0 saturated carbocycles. The number of sulfonamides is 1. The molecule has 0 aromatic heterocycles. The highest BCUT2D eigenvalue weighted by Gasteiger charge is 2.13. The van der Waals surface area contributed by atoms with E-state index in [1.54, 1.807) is 18.2 Å². The summed E-state index contributed by atoms with van der Waals surface area (Å²) in [6, 6.07) is 22.3. The van der Waals surface area contributed by atoms with Crippen LogP contribution in [-0.4, -0.2) is 8.42 Å². The smallest absolute Gasteiger partial charge is 0.261 e. The average Bonchev–Trinajstić information content (AvgIpc) is 2.48. The van der Waals surface area contributed by atoms with Crippen molar-refractivity contribution in [2.75, 3.05) is 4.72 Å². The second-order valence-corrected chi connectivity index (χ2v) is 6.09. The van der Waals surface area contributed by atoms with E-state index in [1.165, 1.54) is 12.1 Å². The Labute approximate surface area is 117 Å². The van der Waals surface area contributed by atoms with Crippen LogP contribution >= 0.6 is 0 Å². The van der Waals surface area contributed by atoms with Gasteiger partial charge in [0.2, 0.25) is 0 Å². The number of fused-ring (bicyclic) bond motifs is 1. The minimum atomic E-state index is -3.55. The standard InChI is InChI=1S/C16H12NO2S/c18-20(19,16-8-2-1-3-9-16)17-15-11-10-13-6-4-5-7-14(13)12-15/h2-12,17H. The van der Waals surface area contributed by atoms with Gasteiger partial charge in [-0.1, -0.05) is 42.5 Å². The third-order valence-corrected chi connectivity index (χ3v) is 4.40. The van der Waals surface area contributed by atoms with E-state index in [0.29, 0.717) is 5.69 Å². The van der Waals surface area contributed by atoms with Gasteiger partial charge in [-0.3, -0.25) is 4.72 Å². The number of benzene rings is 3. The summed E-state index contributed by atoms with van der Waals surface area (Å²) in [5.41, 5.74) is 0.552. The van der Waals surface area contributed by atoms with Crippen LogP contribution in [0.3, 0.4) is 0 Å². The van der Waals surface area contributed by atoms with Crippen LogP contribution < -0.4 is 4.72 Å². The van der Waals surface area contributed by atoms with Crippen LogP contribution in [0, 0.1) is 6.07 Å². The Hall–Kier alpha value is -2.33. The van der Waals surface area contributed by atoms with Gasteiger partial charge in [-0.25, -0.2) is 8.42 Å². The first-order chi connectivity index (χ1) is 9.65. The number of nitrogens with one attached hydrogen (secondary N) is 1. The van der Waals surface area contributed by atoms with Gasteiger partial charge in [-0.15, -0.1) is 0 Å². The monoisotopic (exact) mass is 282 g/mol. The Morgan fingerprint density at radius 3 is 2.30 bits per heavy atom. The van der Waals surface area contributed by atoms with Crippen LogP contribution in [0.25, 0.3) is 10.8 Å². The highest BCUT2D eigenvalue weighted by Crippen LogP contribution is 2.21. The minimum absolute atomic E-state index is 0.226. The van der Waals surface area contributed by atoms with Crippen LogP contribution in [0.5, 0.6) is 0 Å². The zero-order valence-corrected chi connectivity index (χ0v) is 11.4. The molecule has 0 spiro atoms. The lowest BCUT2D eigenvalue weighted by Crippen LogP contribution is -2.12. The van der Waals surface area contributed by atoms with Crippen molar-refractivity contribution >= 4 is 26.5 Å².